The summed E-state index contributed by atoms with van der Waals surface area (Å²) in [7, 11) is 1.64. The zero-order chi connectivity index (χ0) is 23.1. The van der Waals surface area contributed by atoms with E-state index in [4.69, 9.17) is 4.74 Å². The second-order valence-electron chi connectivity index (χ2n) is 8.01. The molecule has 2 aromatic rings. The van der Waals surface area contributed by atoms with Crippen molar-refractivity contribution in [1.29, 1.82) is 0 Å². The van der Waals surface area contributed by atoms with E-state index in [0.717, 1.165) is 78.2 Å². The summed E-state index contributed by atoms with van der Waals surface area (Å²) >= 11 is 0. The Hall–Kier alpha value is -3.27. The third-order valence-electron chi connectivity index (χ3n) is 5.78. The van der Waals surface area contributed by atoms with Crippen LogP contribution in [0.3, 0.4) is 0 Å². The van der Waals surface area contributed by atoms with Crippen LogP contribution in [0.15, 0.2) is 67.5 Å². The maximum atomic E-state index is 14.9. The number of unbranched alkanes of at least 4 members (excludes halogenated alkanes) is 1. The van der Waals surface area contributed by atoms with Crippen molar-refractivity contribution in [3.05, 3.63) is 90.0 Å². The van der Waals surface area contributed by atoms with Crippen molar-refractivity contribution in [3.8, 4) is 5.75 Å². The monoisotopic (exact) mass is 432 g/mol. The van der Waals surface area contributed by atoms with E-state index < -0.39 is 0 Å². The fraction of sp³-hybridized carbons (Fsp3) is 0.286. The molecule has 3 rings (SSSR count). The van der Waals surface area contributed by atoms with Crippen LogP contribution >= 0.6 is 0 Å². The van der Waals surface area contributed by atoms with E-state index in [-0.39, 0.29) is 5.82 Å². The molecule has 0 radical (unpaired) electrons. The highest BCUT2D eigenvalue weighted by molar-refractivity contribution is 6.11. The van der Waals surface area contributed by atoms with Crippen LogP contribution in [0.4, 0.5) is 10.1 Å². The number of halogens is 1. The Morgan fingerprint density at radius 3 is 2.56 bits per heavy atom. The molecular formula is C28H33FN2O. The second-order valence-corrected chi connectivity index (χ2v) is 8.01. The molecule has 0 saturated carbocycles. The summed E-state index contributed by atoms with van der Waals surface area (Å²) < 4.78 is 20.2. The molecule has 1 aliphatic heterocycles. The van der Waals surface area contributed by atoms with Crippen LogP contribution in [0.2, 0.25) is 0 Å². The Morgan fingerprint density at radius 1 is 1.16 bits per heavy atom. The van der Waals surface area contributed by atoms with Crippen molar-refractivity contribution < 1.29 is 9.13 Å². The van der Waals surface area contributed by atoms with Gasteiger partial charge in [-0.2, -0.15) is 0 Å². The predicted octanol–water partition coefficient (Wildman–Crippen LogP) is 7.40. The molecule has 168 valence electrons. The zero-order valence-corrected chi connectivity index (χ0v) is 19.2. The van der Waals surface area contributed by atoms with Crippen LogP contribution in [0.1, 0.15) is 55.7 Å². The van der Waals surface area contributed by atoms with E-state index in [1.165, 1.54) is 6.07 Å². The van der Waals surface area contributed by atoms with Crippen molar-refractivity contribution in [2.75, 3.05) is 19.0 Å². The standard InChI is InChI=1S/C28H33FN2O/c1-6-8-18-30-19(3)10-9-11-25-26(22-12-15-23(32-5)16-13-22)20(4)27-24(29)17-14-21(7-2)28(27)31-25/h7,12-17,30-31H,2-4,6,8-11,18H2,1,5H3. The summed E-state index contributed by atoms with van der Waals surface area (Å²) in [6.07, 6.45) is 6.63. The van der Waals surface area contributed by atoms with E-state index in [1.807, 2.05) is 24.3 Å². The van der Waals surface area contributed by atoms with Crippen LogP contribution in [-0.2, 0) is 0 Å². The third-order valence-corrected chi connectivity index (χ3v) is 5.78. The molecule has 0 aliphatic carbocycles. The van der Waals surface area contributed by atoms with Crippen LogP contribution in [-0.4, -0.2) is 13.7 Å². The van der Waals surface area contributed by atoms with Gasteiger partial charge in [0.05, 0.1) is 12.8 Å². The Balaban J connectivity index is 1.92. The molecular weight excluding hydrogens is 399 g/mol. The molecule has 0 amide bonds. The average Bonchev–Trinajstić information content (AvgIpc) is 2.79. The van der Waals surface area contributed by atoms with E-state index in [2.05, 4.69) is 37.3 Å². The van der Waals surface area contributed by atoms with Gasteiger partial charge in [0.25, 0.3) is 0 Å². The van der Waals surface area contributed by atoms with E-state index in [1.54, 1.807) is 19.3 Å². The fourth-order valence-corrected chi connectivity index (χ4v) is 4.02. The highest BCUT2D eigenvalue weighted by Gasteiger charge is 2.26. The van der Waals surface area contributed by atoms with Gasteiger partial charge in [0, 0.05) is 29.1 Å². The number of hydrogen-bond acceptors (Lipinski definition) is 3. The van der Waals surface area contributed by atoms with E-state index >= 15 is 0 Å². The Bertz CT molecular complexity index is 1030. The molecule has 32 heavy (non-hydrogen) atoms. The molecule has 1 aliphatic rings. The molecule has 0 unspecified atom stereocenters. The lowest BCUT2D eigenvalue weighted by Gasteiger charge is -2.29. The number of anilines is 1. The van der Waals surface area contributed by atoms with Gasteiger partial charge in [0.2, 0.25) is 0 Å². The minimum atomic E-state index is -0.290. The smallest absolute Gasteiger partial charge is 0.133 e. The SMILES string of the molecule is C=Cc1ccc(F)c2c1NC(CCCC(=C)NCCCC)=C(c1ccc(OC)cc1)C2=C. The number of rotatable bonds is 11. The Labute approximate surface area is 191 Å². The van der Waals surface area contributed by atoms with Gasteiger partial charge in [-0.1, -0.05) is 51.3 Å². The first-order chi connectivity index (χ1) is 15.5. The summed E-state index contributed by atoms with van der Waals surface area (Å²) in [6, 6.07) is 11.0. The van der Waals surface area contributed by atoms with Gasteiger partial charge in [-0.15, -0.1) is 0 Å². The normalized spacial score (nSPS) is 12.8. The van der Waals surface area contributed by atoms with Crippen molar-refractivity contribution in [3.63, 3.8) is 0 Å². The molecule has 0 spiro atoms. The first-order valence-electron chi connectivity index (χ1n) is 11.2. The maximum Gasteiger partial charge on any atom is 0.133 e. The summed E-state index contributed by atoms with van der Waals surface area (Å²) in [5.74, 6) is 0.488. The molecule has 0 aromatic heterocycles. The van der Waals surface area contributed by atoms with Crippen LogP contribution in [0, 0.1) is 5.82 Å². The predicted molar refractivity (Wildman–Crippen MR) is 135 cm³/mol. The highest BCUT2D eigenvalue weighted by Crippen LogP contribution is 2.45. The summed E-state index contributed by atoms with van der Waals surface area (Å²) in [6.45, 7) is 15.5. The molecule has 1 heterocycles. The molecule has 4 heteroatoms. The number of allylic oxidation sites excluding steroid dienone is 4. The van der Waals surface area contributed by atoms with Gasteiger partial charge in [-0.3, -0.25) is 0 Å². The fourth-order valence-electron chi connectivity index (χ4n) is 4.02. The lowest BCUT2D eigenvalue weighted by molar-refractivity contribution is 0.415. The van der Waals surface area contributed by atoms with Crippen LogP contribution in [0.25, 0.3) is 17.2 Å². The van der Waals surface area contributed by atoms with Crippen LogP contribution < -0.4 is 15.4 Å². The highest BCUT2D eigenvalue weighted by atomic mass is 19.1. The number of methoxy groups -OCH3 is 1. The minimum absolute atomic E-state index is 0.290. The van der Waals surface area contributed by atoms with E-state index in [9.17, 15) is 4.39 Å². The number of benzene rings is 2. The summed E-state index contributed by atoms with van der Waals surface area (Å²) in [5.41, 5.74) is 6.77. The first kappa shape index (κ1) is 23.4. The molecule has 0 saturated heterocycles. The number of hydrogen-bond donors (Lipinski definition) is 2. The molecule has 2 N–H and O–H groups in total. The number of fused-ring (bicyclic) bond motifs is 1. The summed E-state index contributed by atoms with van der Waals surface area (Å²) in [4.78, 5) is 0. The van der Waals surface area contributed by atoms with Gasteiger partial charge in [-0.25, -0.2) is 4.39 Å². The van der Waals surface area contributed by atoms with E-state index in [0.29, 0.717) is 11.1 Å². The first-order valence-corrected chi connectivity index (χ1v) is 11.2. The second kappa shape index (κ2) is 10.9. The van der Waals surface area contributed by atoms with Gasteiger partial charge in [0.15, 0.2) is 0 Å². The third kappa shape index (κ3) is 5.13. The van der Waals surface area contributed by atoms with Gasteiger partial charge >= 0.3 is 0 Å². The molecule has 3 nitrogen and oxygen atoms in total. The number of ether oxygens (including phenoxy) is 1. The zero-order valence-electron chi connectivity index (χ0n) is 19.2. The lowest BCUT2D eigenvalue weighted by atomic mass is 9.85. The van der Waals surface area contributed by atoms with Crippen molar-refractivity contribution in [2.45, 2.75) is 39.0 Å². The molecule has 0 atom stereocenters. The molecule has 0 fully saturated rings. The quantitative estimate of drug-likeness (QED) is 0.363. The van der Waals surface area contributed by atoms with Crippen molar-refractivity contribution in [2.24, 2.45) is 0 Å². The van der Waals surface area contributed by atoms with Gasteiger partial charge in [0.1, 0.15) is 11.6 Å². The van der Waals surface area contributed by atoms with Crippen molar-refractivity contribution >= 4 is 22.9 Å². The van der Waals surface area contributed by atoms with Gasteiger partial charge in [-0.05, 0) is 66.6 Å². The number of nitrogens with one attached hydrogen (secondary N) is 2. The van der Waals surface area contributed by atoms with Crippen molar-refractivity contribution in [1.82, 2.24) is 5.32 Å². The summed E-state index contributed by atoms with van der Waals surface area (Å²) in [5, 5.41) is 6.92. The topological polar surface area (TPSA) is 33.3 Å². The molecule has 2 aromatic carbocycles. The molecule has 0 bridgehead atoms. The Morgan fingerprint density at radius 2 is 1.91 bits per heavy atom. The lowest BCUT2D eigenvalue weighted by Crippen LogP contribution is -2.16. The maximum absolute atomic E-state index is 14.9. The van der Waals surface area contributed by atoms with Gasteiger partial charge < -0.3 is 15.4 Å². The minimum Gasteiger partial charge on any atom is -0.497 e. The Kier molecular flexibility index (Phi) is 7.93. The average molecular weight is 433 g/mol. The largest absolute Gasteiger partial charge is 0.497 e. The van der Waals surface area contributed by atoms with Crippen LogP contribution in [0.5, 0.6) is 5.75 Å².